The lowest BCUT2D eigenvalue weighted by Crippen LogP contribution is -2.46. The van der Waals surface area contributed by atoms with Crippen LogP contribution in [0.1, 0.15) is 23.2 Å². The highest BCUT2D eigenvalue weighted by molar-refractivity contribution is 9.10. The highest BCUT2D eigenvalue weighted by atomic mass is 79.9. The van der Waals surface area contributed by atoms with Gasteiger partial charge in [0.15, 0.2) is 0 Å². The van der Waals surface area contributed by atoms with Crippen molar-refractivity contribution in [2.24, 2.45) is 0 Å². The molecule has 1 aliphatic heterocycles. The number of hydrogen-bond donors (Lipinski definition) is 1. The van der Waals surface area contributed by atoms with Crippen LogP contribution in [0.3, 0.4) is 0 Å². The van der Waals surface area contributed by atoms with Crippen LogP contribution in [0.15, 0.2) is 22.7 Å². The van der Waals surface area contributed by atoms with Gasteiger partial charge in [-0.25, -0.2) is 12.7 Å². The van der Waals surface area contributed by atoms with E-state index < -0.39 is 10.0 Å². The van der Waals surface area contributed by atoms with E-state index in [4.69, 9.17) is 11.6 Å². The summed E-state index contributed by atoms with van der Waals surface area (Å²) < 4.78 is 25.0. The van der Waals surface area contributed by atoms with Crippen LogP contribution in [-0.2, 0) is 10.0 Å². The standard InChI is InChI=1S/C13H16BrClN2O3S/c1-21(19,20)17-6-4-10(5-7-17)16-13(18)9-2-3-11(14)12(15)8-9/h2-3,8,10H,4-7H2,1H3,(H,16,18). The van der Waals surface area contributed by atoms with Gasteiger partial charge in [0, 0.05) is 29.2 Å². The quantitative estimate of drug-likeness (QED) is 0.853. The molecule has 0 radical (unpaired) electrons. The molecular formula is C13H16BrClN2O3S. The molecule has 1 heterocycles. The lowest BCUT2D eigenvalue weighted by atomic mass is 10.1. The van der Waals surface area contributed by atoms with E-state index in [0.29, 0.717) is 36.5 Å². The van der Waals surface area contributed by atoms with Crippen molar-refractivity contribution in [1.29, 1.82) is 0 Å². The second-order valence-corrected chi connectivity index (χ2v) is 8.28. The molecule has 1 fully saturated rings. The van der Waals surface area contributed by atoms with Crippen molar-refractivity contribution in [3.05, 3.63) is 33.3 Å². The number of carbonyl (C=O) groups is 1. The number of nitrogens with zero attached hydrogens (tertiary/aromatic N) is 1. The number of rotatable bonds is 3. The second kappa shape index (κ2) is 6.64. The first-order valence-electron chi connectivity index (χ1n) is 6.48. The number of benzene rings is 1. The van der Waals surface area contributed by atoms with Gasteiger partial charge in [0.25, 0.3) is 5.91 Å². The zero-order valence-electron chi connectivity index (χ0n) is 11.5. The Morgan fingerprint density at radius 1 is 1.38 bits per heavy atom. The van der Waals surface area contributed by atoms with E-state index in [2.05, 4.69) is 21.2 Å². The fourth-order valence-electron chi connectivity index (χ4n) is 2.24. The van der Waals surface area contributed by atoms with Crippen molar-refractivity contribution >= 4 is 43.5 Å². The molecule has 0 spiro atoms. The number of halogens is 2. The molecule has 116 valence electrons. The van der Waals surface area contributed by atoms with Crippen LogP contribution >= 0.6 is 27.5 Å². The Labute approximate surface area is 137 Å². The smallest absolute Gasteiger partial charge is 0.251 e. The molecule has 1 amide bonds. The van der Waals surface area contributed by atoms with E-state index in [9.17, 15) is 13.2 Å². The van der Waals surface area contributed by atoms with Crippen molar-refractivity contribution in [3.63, 3.8) is 0 Å². The zero-order valence-corrected chi connectivity index (χ0v) is 14.6. The van der Waals surface area contributed by atoms with Crippen molar-refractivity contribution < 1.29 is 13.2 Å². The van der Waals surface area contributed by atoms with E-state index in [0.717, 1.165) is 4.47 Å². The van der Waals surface area contributed by atoms with Crippen molar-refractivity contribution in [2.75, 3.05) is 19.3 Å². The molecule has 2 rings (SSSR count). The normalized spacial score (nSPS) is 17.7. The Hall–Kier alpha value is -0.630. The van der Waals surface area contributed by atoms with Gasteiger partial charge in [-0.2, -0.15) is 0 Å². The van der Waals surface area contributed by atoms with Crippen LogP contribution in [0, 0.1) is 0 Å². The molecule has 8 heteroatoms. The summed E-state index contributed by atoms with van der Waals surface area (Å²) in [5, 5.41) is 3.40. The predicted octanol–water partition coefficient (Wildman–Crippen LogP) is 2.26. The Morgan fingerprint density at radius 3 is 2.52 bits per heavy atom. The average molecular weight is 396 g/mol. The molecule has 0 saturated carbocycles. The van der Waals surface area contributed by atoms with Gasteiger partial charge in [-0.1, -0.05) is 11.6 Å². The molecule has 1 aliphatic rings. The number of nitrogens with one attached hydrogen (secondary N) is 1. The molecule has 0 atom stereocenters. The van der Waals surface area contributed by atoms with E-state index in [1.807, 2.05) is 0 Å². The summed E-state index contributed by atoms with van der Waals surface area (Å²) in [6.07, 6.45) is 2.43. The number of carbonyl (C=O) groups excluding carboxylic acids is 1. The van der Waals surface area contributed by atoms with Crippen LogP contribution in [0.2, 0.25) is 5.02 Å². The van der Waals surface area contributed by atoms with Gasteiger partial charge in [-0.15, -0.1) is 0 Å². The number of hydrogen-bond acceptors (Lipinski definition) is 3. The highest BCUT2D eigenvalue weighted by Gasteiger charge is 2.25. The molecule has 0 aliphatic carbocycles. The minimum atomic E-state index is -3.14. The minimum Gasteiger partial charge on any atom is -0.349 e. The topological polar surface area (TPSA) is 66.5 Å². The van der Waals surface area contributed by atoms with E-state index in [-0.39, 0.29) is 11.9 Å². The molecule has 1 aromatic carbocycles. The third-order valence-corrected chi connectivity index (χ3v) is 5.98. The summed E-state index contributed by atoms with van der Waals surface area (Å²) in [5.74, 6) is -0.192. The Kier molecular flexibility index (Phi) is 5.29. The van der Waals surface area contributed by atoms with Crippen molar-refractivity contribution in [1.82, 2.24) is 9.62 Å². The molecule has 5 nitrogen and oxygen atoms in total. The zero-order chi connectivity index (χ0) is 15.6. The number of piperidine rings is 1. The van der Waals surface area contributed by atoms with E-state index in [1.54, 1.807) is 18.2 Å². The molecule has 0 unspecified atom stereocenters. The first-order chi connectivity index (χ1) is 9.77. The van der Waals surface area contributed by atoms with Crippen LogP contribution in [0.4, 0.5) is 0 Å². The van der Waals surface area contributed by atoms with Crippen LogP contribution in [0.25, 0.3) is 0 Å². The van der Waals surface area contributed by atoms with Crippen LogP contribution in [-0.4, -0.2) is 44.0 Å². The highest BCUT2D eigenvalue weighted by Crippen LogP contribution is 2.23. The summed E-state index contributed by atoms with van der Waals surface area (Å²) in [7, 11) is -3.14. The van der Waals surface area contributed by atoms with Crippen molar-refractivity contribution in [3.8, 4) is 0 Å². The molecule has 0 aromatic heterocycles. The average Bonchev–Trinajstić information content (AvgIpc) is 2.41. The van der Waals surface area contributed by atoms with E-state index in [1.165, 1.54) is 10.6 Å². The molecule has 21 heavy (non-hydrogen) atoms. The SMILES string of the molecule is CS(=O)(=O)N1CCC(NC(=O)c2ccc(Br)c(Cl)c2)CC1. The maximum absolute atomic E-state index is 12.1. The Bertz CT molecular complexity index is 643. The van der Waals surface area contributed by atoms with Gasteiger partial charge in [-0.3, -0.25) is 4.79 Å². The fraction of sp³-hybridized carbons (Fsp3) is 0.462. The first kappa shape index (κ1) is 16.7. The lowest BCUT2D eigenvalue weighted by Gasteiger charge is -2.30. The summed E-state index contributed by atoms with van der Waals surface area (Å²) in [6, 6.07) is 5.01. The molecule has 0 bridgehead atoms. The molecule has 1 aromatic rings. The summed E-state index contributed by atoms with van der Waals surface area (Å²) >= 11 is 9.25. The van der Waals surface area contributed by atoms with Gasteiger partial charge < -0.3 is 5.32 Å². The predicted molar refractivity (Wildman–Crippen MR) is 86.1 cm³/mol. The second-order valence-electron chi connectivity index (χ2n) is 5.04. The summed E-state index contributed by atoms with van der Waals surface area (Å²) in [4.78, 5) is 12.1. The van der Waals surface area contributed by atoms with Gasteiger partial charge in [0.2, 0.25) is 10.0 Å². The first-order valence-corrected chi connectivity index (χ1v) is 9.50. The lowest BCUT2D eigenvalue weighted by molar-refractivity contribution is 0.0924. The monoisotopic (exact) mass is 394 g/mol. The minimum absolute atomic E-state index is 0.0158. The number of sulfonamides is 1. The summed E-state index contributed by atoms with van der Waals surface area (Å²) in [5.41, 5.74) is 0.494. The third-order valence-electron chi connectivity index (χ3n) is 3.44. The third kappa shape index (κ3) is 4.42. The van der Waals surface area contributed by atoms with Gasteiger partial charge >= 0.3 is 0 Å². The van der Waals surface area contributed by atoms with Crippen molar-refractivity contribution in [2.45, 2.75) is 18.9 Å². The number of amides is 1. The molecule has 1 N–H and O–H groups in total. The van der Waals surface area contributed by atoms with Gasteiger partial charge in [0.05, 0.1) is 11.3 Å². The van der Waals surface area contributed by atoms with E-state index >= 15 is 0 Å². The van der Waals surface area contributed by atoms with Crippen LogP contribution < -0.4 is 5.32 Å². The van der Waals surface area contributed by atoms with Gasteiger partial charge in [0.1, 0.15) is 0 Å². The maximum Gasteiger partial charge on any atom is 0.251 e. The van der Waals surface area contributed by atoms with Crippen LogP contribution in [0.5, 0.6) is 0 Å². The summed E-state index contributed by atoms with van der Waals surface area (Å²) in [6.45, 7) is 0.871. The largest absolute Gasteiger partial charge is 0.349 e. The molecule has 1 saturated heterocycles. The van der Waals surface area contributed by atoms with Gasteiger partial charge in [-0.05, 0) is 47.0 Å². The fourth-order valence-corrected chi connectivity index (χ4v) is 3.54. The molecular weight excluding hydrogens is 380 g/mol. The Balaban J connectivity index is 1.94. The maximum atomic E-state index is 12.1. The Morgan fingerprint density at radius 2 is 2.00 bits per heavy atom.